The number of nitrogens with one attached hydrogen (secondary N) is 1. The highest BCUT2D eigenvalue weighted by Crippen LogP contribution is 2.24. The quantitative estimate of drug-likeness (QED) is 0.310. The Morgan fingerprint density at radius 2 is 1.82 bits per heavy atom. The number of nitrogens with zero attached hydrogens (tertiary/aromatic N) is 2. The summed E-state index contributed by atoms with van der Waals surface area (Å²) in [7, 11) is 0. The Morgan fingerprint density at radius 3 is 2.50 bits per heavy atom. The van der Waals surface area contributed by atoms with Gasteiger partial charge in [0.25, 0.3) is 5.91 Å². The third kappa shape index (κ3) is 6.15. The molecule has 12 heteroatoms. The number of hydrogen-bond acceptors (Lipinski definition) is 6. The van der Waals surface area contributed by atoms with Crippen LogP contribution < -0.4 is 11.1 Å². The smallest absolute Gasteiger partial charge is 0.359 e. The first-order valence-corrected chi connectivity index (χ1v) is 10.3. The fraction of sp³-hybridized carbons (Fsp3) is 0.182. The summed E-state index contributed by atoms with van der Waals surface area (Å²) in [5.41, 5.74) is 5.16. The molecule has 1 atom stereocenters. The fourth-order valence-corrected chi connectivity index (χ4v) is 3.12. The second-order valence-electron chi connectivity index (χ2n) is 7.11. The van der Waals surface area contributed by atoms with Gasteiger partial charge in [0, 0.05) is 18.9 Å². The summed E-state index contributed by atoms with van der Waals surface area (Å²) in [4.78, 5) is 36.2. The van der Waals surface area contributed by atoms with E-state index in [0.717, 1.165) is 16.3 Å². The van der Waals surface area contributed by atoms with Gasteiger partial charge in [-0.15, -0.1) is 0 Å². The first-order valence-electron chi connectivity index (χ1n) is 9.88. The largest absolute Gasteiger partial charge is 0.456 e. The van der Waals surface area contributed by atoms with E-state index in [2.05, 4.69) is 10.4 Å². The normalized spacial score (nSPS) is 11.6. The number of amides is 2. The Labute approximate surface area is 197 Å². The molecule has 4 N–H and O–H groups in total. The van der Waals surface area contributed by atoms with Gasteiger partial charge < -0.3 is 20.9 Å². The maximum absolute atomic E-state index is 13.6. The van der Waals surface area contributed by atoms with Crippen molar-refractivity contribution in [3.05, 3.63) is 82.0 Å². The average Bonchev–Trinajstić information content (AvgIpc) is 3.22. The van der Waals surface area contributed by atoms with Crippen LogP contribution in [-0.2, 0) is 16.1 Å². The highest BCUT2D eigenvalue weighted by molar-refractivity contribution is 6.34. The summed E-state index contributed by atoms with van der Waals surface area (Å²) >= 11 is 5.84. The number of hydrogen-bond donors (Lipinski definition) is 3. The minimum Gasteiger partial charge on any atom is -0.456 e. The Hall–Kier alpha value is -3.83. The van der Waals surface area contributed by atoms with Gasteiger partial charge in [-0.1, -0.05) is 41.9 Å². The van der Waals surface area contributed by atoms with Gasteiger partial charge in [-0.05, 0) is 17.7 Å². The average molecular weight is 493 g/mol. The predicted molar refractivity (Wildman–Crippen MR) is 117 cm³/mol. The van der Waals surface area contributed by atoms with Crippen LogP contribution >= 0.6 is 11.6 Å². The second kappa shape index (κ2) is 10.9. The van der Waals surface area contributed by atoms with Gasteiger partial charge in [-0.25, -0.2) is 18.3 Å². The van der Waals surface area contributed by atoms with E-state index in [1.54, 1.807) is 30.3 Å². The monoisotopic (exact) mass is 492 g/mol. The highest BCUT2D eigenvalue weighted by atomic mass is 35.5. The molecule has 0 saturated carbocycles. The molecule has 0 bridgehead atoms. The minimum absolute atomic E-state index is 0.0527. The lowest BCUT2D eigenvalue weighted by Crippen LogP contribution is -2.21. The predicted octanol–water partition coefficient (Wildman–Crippen LogP) is 3.18. The second-order valence-corrected chi connectivity index (χ2v) is 7.51. The van der Waals surface area contributed by atoms with Crippen LogP contribution in [-0.4, -0.2) is 32.7 Å². The number of benzene rings is 2. The summed E-state index contributed by atoms with van der Waals surface area (Å²) in [6, 6.07) is 11.2. The molecule has 178 valence electrons. The lowest BCUT2D eigenvalue weighted by Gasteiger charge is -2.14. The van der Waals surface area contributed by atoms with Gasteiger partial charge in [-0.3, -0.25) is 9.59 Å². The Kier molecular flexibility index (Phi) is 7.92. The van der Waals surface area contributed by atoms with Crippen molar-refractivity contribution in [2.75, 3.05) is 5.32 Å². The van der Waals surface area contributed by atoms with Crippen LogP contribution in [0.5, 0.6) is 0 Å². The van der Waals surface area contributed by atoms with Crippen molar-refractivity contribution in [1.29, 1.82) is 0 Å². The molecular weight excluding hydrogens is 474 g/mol. The summed E-state index contributed by atoms with van der Waals surface area (Å²) in [6.45, 7) is -0.0527. The van der Waals surface area contributed by atoms with E-state index in [1.807, 2.05) is 0 Å². The van der Waals surface area contributed by atoms with Crippen LogP contribution in [0.15, 0.2) is 48.5 Å². The molecule has 2 aromatic carbocycles. The first-order chi connectivity index (χ1) is 16.2. The van der Waals surface area contributed by atoms with E-state index in [1.165, 1.54) is 0 Å². The molecule has 0 radical (unpaired) electrons. The molecule has 0 aliphatic heterocycles. The van der Waals surface area contributed by atoms with Crippen molar-refractivity contribution in [3.8, 4) is 0 Å². The van der Waals surface area contributed by atoms with Gasteiger partial charge in [0.15, 0.2) is 17.3 Å². The Morgan fingerprint density at radius 1 is 1.15 bits per heavy atom. The SMILES string of the molecule is NC(=O)CCC(O)n1nc(C(=O)OCc2ccccc2)cc1NC(=O)c1cc(F)c(F)cc1Cl. The van der Waals surface area contributed by atoms with E-state index in [4.69, 9.17) is 22.1 Å². The molecule has 0 aliphatic carbocycles. The topological polar surface area (TPSA) is 137 Å². The molecule has 1 heterocycles. The lowest BCUT2D eigenvalue weighted by molar-refractivity contribution is -0.118. The number of halogens is 3. The molecule has 3 rings (SSSR count). The van der Waals surface area contributed by atoms with Crippen LogP contribution in [0.3, 0.4) is 0 Å². The summed E-state index contributed by atoms with van der Waals surface area (Å²) < 4.78 is 33.0. The van der Waals surface area contributed by atoms with E-state index in [0.29, 0.717) is 12.1 Å². The molecule has 2 amide bonds. The van der Waals surface area contributed by atoms with Gasteiger partial charge >= 0.3 is 5.97 Å². The number of primary amides is 1. The van der Waals surface area contributed by atoms with Crippen LogP contribution in [0.2, 0.25) is 5.02 Å². The Bertz CT molecular complexity index is 1220. The van der Waals surface area contributed by atoms with Crippen LogP contribution in [0.1, 0.15) is 45.5 Å². The molecule has 9 nitrogen and oxygen atoms in total. The molecule has 0 spiro atoms. The number of carbonyl (C=O) groups is 3. The minimum atomic E-state index is -1.46. The first kappa shape index (κ1) is 24.8. The number of nitrogens with two attached hydrogens (primary N) is 1. The van der Waals surface area contributed by atoms with Gasteiger partial charge in [0.2, 0.25) is 5.91 Å². The van der Waals surface area contributed by atoms with Crippen molar-refractivity contribution in [3.63, 3.8) is 0 Å². The number of aliphatic hydroxyl groups is 1. The number of anilines is 1. The summed E-state index contributed by atoms with van der Waals surface area (Å²) in [5.74, 6) is -5.23. The number of ether oxygens (including phenoxy) is 1. The van der Waals surface area contributed by atoms with Crippen molar-refractivity contribution >= 4 is 35.2 Å². The van der Waals surface area contributed by atoms with Gasteiger partial charge in [-0.2, -0.15) is 5.10 Å². The van der Waals surface area contributed by atoms with Crippen molar-refractivity contribution in [2.24, 2.45) is 5.73 Å². The van der Waals surface area contributed by atoms with Crippen LogP contribution in [0, 0.1) is 11.6 Å². The van der Waals surface area contributed by atoms with Crippen molar-refractivity contribution < 1.29 is 33.0 Å². The number of carbonyl (C=O) groups excluding carboxylic acids is 3. The zero-order valence-corrected chi connectivity index (χ0v) is 18.3. The molecule has 3 aromatic rings. The molecule has 1 unspecified atom stereocenters. The number of aliphatic hydroxyl groups excluding tert-OH is 1. The lowest BCUT2D eigenvalue weighted by atomic mass is 10.2. The molecule has 0 fully saturated rings. The number of esters is 1. The number of aromatic nitrogens is 2. The summed E-state index contributed by atoms with van der Waals surface area (Å²) in [6.07, 6.45) is -1.85. The van der Waals surface area contributed by atoms with Crippen LogP contribution in [0.25, 0.3) is 0 Å². The van der Waals surface area contributed by atoms with Crippen molar-refractivity contribution in [1.82, 2.24) is 9.78 Å². The van der Waals surface area contributed by atoms with Crippen molar-refractivity contribution in [2.45, 2.75) is 25.7 Å². The molecule has 1 aromatic heterocycles. The van der Waals surface area contributed by atoms with Gasteiger partial charge in [0.1, 0.15) is 18.7 Å². The highest BCUT2D eigenvalue weighted by Gasteiger charge is 2.23. The molecule has 0 aliphatic rings. The zero-order valence-electron chi connectivity index (χ0n) is 17.5. The molecule has 34 heavy (non-hydrogen) atoms. The zero-order chi connectivity index (χ0) is 24.8. The van der Waals surface area contributed by atoms with Gasteiger partial charge in [0.05, 0.1) is 10.6 Å². The van der Waals surface area contributed by atoms with E-state index >= 15 is 0 Å². The third-order valence-corrected chi connectivity index (χ3v) is 4.90. The van der Waals surface area contributed by atoms with E-state index in [9.17, 15) is 28.3 Å². The maximum Gasteiger partial charge on any atom is 0.359 e. The Balaban J connectivity index is 1.85. The number of rotatable bonds is 9. The molecule has 0 saturated heterocycles. The van der Waals surface area contributed by atoms with Crippen LogP contribution in [0.4, 0.5) is 14.6 Å². The standard InChI is InChI=1S/C22H19ClF2N4O5/c23-14-9-16(25)15(24)8-13(14)21(32)27-19-10-17(28-29(19)20(31)7-6-18(26)30)22(33)34-11-12-4-2-1-3-5-12/h1-5,8-10,20,31H,6-7,11H2,(H2,26,30)(H,27,32). The fourth-order valence-electron chi connectivity index (χ4n) is 2.89. The maximum atomic E-state index is 13.6. The van der Waals surface area contributed by atoms with E-state index < -0.39 is 41.2 Å². The van der Waals surface area contributed by atoms with E-state index in [-0.39, 0.29) is 36.0 Å². The third-order valence-electron chi connectivity index (χ3n) is 4.59. The molecular formula is C22H19ClF2N4O5. The summed E-state index contributed by atoms with van der Waals surface area (Å²) in [5, 5.41) is 16.4.